The molecule has 0 saturated carbocycles. The normalized spacial score (nSPS) is 11.5. The topological polar surface area (TPSA) is 98.0 Å². The van der Waals surface area contributed by atoms with E-state index in [1.54, 1.807) is 4.72 Å². The van der Waals surface area contributed by atoms with Gasteiger partial charge in [0.1, 0.15) is 11.5 Å². The summed E-state index contributed by atoms with van der Waals surface area (Å²) in [5.74, 6) is -2.01. The molecule has 0 aliphatic heterocycles. The van der Waals surface area contributed by atoms with Crippen molar-refractivity contribution in [1.29, 1.82) is 0 Å². The number of halogens is 2. The van der Waals surface area contributed by atoms with Crippen molar-refractivity contribution in [2.24, 2.45) is 0 Å². The molecule has 1 aromatic heterocycles. The first-order chi connectivity index (χ1) is 8.81. The molecule has 3 N–H and O–H groups in total. The lowest BCUT2D eigenvalue weighted by Crippen LogP contribution is -2.15. The Morgan fingerprint density at radius 2 is 2.00 bits per heavy atom. The zero-order chi connectivity index (χ0) is 14.2. The number of aromatic nitrogens is 2. The first-order valence-corrected chi connectivity index (χ1v) is 7.17. The lowest BCUT2D eigenvalue weighted by Gasteiger charge is -2.08. The number of hydrogen-bond acceptors (Lipinski definition) is 6. The third-order valence-electron chi connectivity index (χ3n) is 2.17. The number of anilines is 2. The molecule has 2 aromatic rings. The van der Waals surface area contributed by atoms with Gasteiger partial charge in [-0.05, 0) is 18.6 Å². The van der Waals surface area contributed by atoms with Crippen molar-refractivity contribution in [3.63, 3.8) is 0 Å². The fourth-order valence-electron chi connectivity index (χ4n) is 1.26. The lowest BCUT2D eigenvalue weighted by atomic mass is 10.2. The van der Waals surface area contributed by atoms with Gasteiger partial charge >= 0.3 is 0 Å². The molecule has 102 valence electrons. The summed E-state index contributed by atoms with van der Waals surface area (Å²) in [4.78, 5) is 0. The minimum absolute atomic E-state index is 0.0643. The molecule has 6 nitrogen and oxygen atoms in total. The first kappa shape index (κ1) is 13.6. The van der Waals surface area contributed by atoms with Crippen molar-refractivity contribution < 1.29 is 17.2 Å². The van der Waals surface area contributed by atoms with E-state index in [0.29, 0.717) is 11.3 Å². The number of nitrogens with two attached hydrogens (primary N) is 1. The van der Waals surface area contributed by atoms with E-state index in [-0.39, 0.29) is 10.7 Å². The smallest absolute Gasteiger partial charge is 0.291 e. The van der Waals surface area contributed by atoms with Crippen molar-refractivity contribution in [2.75, 3.05) is 10.5 Å². The van der Waals surface area contributed by atoms with Crippen molar-refractivity contribution in [3.05, 3.63) is 29.3 Å². The third kappa shape index (κ3) is 2.63. The second-order valence-electron chi connectivity index (χ2n) is 3.56. The molecular formula is C9H8F2N4O2S2. The number of benzene rings is 1. The number of nitrogens with one attached hydrogen (secondary N) is 1. The lowest BCUT2D eigenvalue weighted by molar-refractivity contribution is 0.578. The van der Waals surface area contributed by atoms with E-state index in [9.17, 15) is 17.2 Å². The fourth-order valence-corrected chi connectivity index (χ4v) is 3.11. The molecule has 10 heteroatoms. The monoisotopic (exact) mass is 306 g/mol. The number of nitrogen functional groups attached to an aromatic ring is 1. The van der Waals surface area contributed by atoms with Crippen LogP contribution < -0.4 is 10.5 Å². The van der Waals surface area contributed by atoms with Crippen LogP contribution in [0.25, 0.3) is 0 Å². The SMILES string of the molecule is Cc1ccc(F)c(NS(=O)(=O)c2nnc(N)s2)c1F. The number of rotatable bonds is 3. The van der Waals surface area contributed by atoms with E-state index in [1.165, 1.54) is 13.0 Å². The summed E-state index contributed by atoms with van der Waals surface area (Å²) >= 11 is 0.590. The Morgan fingerprint density at radius 1 is 1.32 bits per heavy atom. The highest BCUT2D eigenvalue weighted by molar-refractivity contribution is 7.94. The van der Waals surface area contributed by atoms with Crippen LogP contribution in [0.5, 0.6) is 0 Å². The zero-order valence-electron chi connectivity index (χ0n) is 9.52. The second kappa shape index (κ2) is 4.70. The molecule has 19 heavy (non-hydrogen) atoms. The Kier molecular flexibility index (Phi) is 3.37. The van der Waals surface area contributed by atoms with Crippen molar-refractivity contribution >= 4 is 32.2 Å². The summed E-state index contributed by atoms with van der Waals surface area (Å²) in [7, 11) is -4.22. The molecule has 0 saturated heterocycles. The first-order valence-electron chi connectivity index (χ1n) is 4.87. The van der Waals surface area contributed by atoms with E-state index < -0.39 is 31.7 Å². The van der Waals surface area contributed by atoms with Crippen LogP contribution in [-0.4, -0.2) is 18.6 Å². The summed E-state index contributed by atoms with van der Waals surface area (Å²) in [6.07, 6.45) is 0. The fraction of sp³-hybridized carbons (Fsp3) is 0.111. The Hall–Kier alpha value is -1.81. The Labute approximate surface area is 111 Å². The van der Waals surface area contributed by atoms with E-state index in [1.807, 2.05) is 0 Å². The van der Waals surface area contributed by atoms with E-state index in [2.05, 4.69) is 10.2 Å². The third-order valence-corrected chi connectivity index (χ3v) is 4.64. The molecule has 0 aliphatic rings. The van der Waals surface area contributed by atoms with Gasteiger partial charge in [-0.3, -0.25) is 4.72 Å². The van der Waals surface area contributed by atoms with Crippen LogP contribution in [-0.2, 0) is 10.0 Å². The molecule has 2 rings (SSSR count). The van der Waals surface area contributed by atoms with Crippen LogP contribution in [0.4, 0.5) is 19.6 Å². The predicted octanol–water partition coefficient (Wildman–Crippen LogP) is 1.51. The van der Waals surface area contributed by atoms with Crippen LogP contribution in [0.3, 0.4) is 0 Å². The number of nitrogens with zero attached hydrogens (tertiary/aromatic N) is 2. The Balaban J connectivity index is 2.44. The molecule has 0 atom stereocenters. The maximum absolute atomic E-state index is 13.7. The summed E-state index contributed by atoms with van der Waals surface area (Å²) in [6, 6.07) is 2.16. The molecule has 0 spiro atoms. The van der Waals surface area contributed by atoms with Gasteiger partial charge in [-0.2, -0.15) is 8.42 Å². The van der Waals surface area contributed by atoms with Crippen molar-refractivity contribution in [2.45, 2.75) is 11.3 Å². The van der Waals surface area contributed by atoms with Gasteiger partial charge in [0.2, 0.25) is 5.13 Å². The molecular weight excluding hydrogens is 298 g/mol. The molecule has 0 aliphatic carbocycles. The van der Waals surface area contributed by atoms with Gasteiger partial charge in [0.15, 0.2) is 5.82 Å². The zero-order valence-corrected chi connectivity index (χ0v) is 11.1. The van der Waals surface area contributed by atoms with Gasteiger partial charge in [0, 0.05) is 0 Å². The molecule has 0 radical (unpaired) electrons. The predicted molar refractivity (Wildman–Crippen MR) is 66.2 cm³/mol. The number of sulfonamides is 1. The van der Waals surface area contributed by atoms with E-state index in [0.717, 1.165) is 6.07 Å². The van der Waals surface area contributed by atoms with Crippen molar-refractivity contribution in [3.8, 4) is 0 Å². The largest absolute Gasteiger partial charge is 0.374 e. The van der Waals surface area contributed by atoms with E-state index in [4.69, 9.17) is 5.73 Å². The Bertz CT molecular complexity index is 730. The van der Waals surface area contributed by atoms with Gasteiger partial charge in [-0.15, -0.1) is 10.2 Å². The van der Waals surface area contributed by atoms with E-state index >= 15 is 0 Å². The number of hydrogen-bond donors (Lipinski definition) is 2. The summed E-state index contributed by atoms with van der Waals surface area (Å²) in [6.45, 7) is 1.38. The van der Waals surface area contributed by atoms with Gasteiger partial charge < -0.3 is 5.73 Å². The summed E-state index contributed by atoms with van der Waals surface area (Å²) in [5.41, 5.74) is 4.61. The quantitative estimate of drug-likeness (QED) is 0.895. The van der Waals surface area contributed by atoms with Crippen LogP contribution in [0.1, 0.15) is 5.56 Å². The number of aryl methyl sites for hydroxylation is 1. The molecule has 1 heterocycles. The minimum Gasteiger partial charge on any atom is -0.374 e. The average molecular weight is 306 g/mol. The molecule has 0 unspecified atom stereocenters. The Morgan fingerprint density at radius 3 is 2.58 bits per heavy atom. The van der Waals surface area contributed by atoms with Crippen molar-refractivity contribution in [1.82, 2.24) is 10.2 Å². The second-order valence-corrected chi connectivity index (χ2v) is 6.43. The van der Waals surface area contributed by atoms with Gasteiger partial charge in [-0.25, -0.2) is 8.78 Å². The van der Waals surface area contributed by atoms with Gasteiger partial charge in [-0.1, -0.05) is 17.4 Å². The summed E-state index contributed by atoms with van der Waals surface area (Å²) < 4.78 is 52.2. The maximum Gasteiger partial charge on any atom is 0.291 e. The van der Waals surface area contributed by atoms with Gasteiger partial charge in [0.05, 0.1) is 0 Å². The molecule has 0 amide bonds. The summed E-state index contributed by atoms with van der Waals surface area (Å²) in [5, 5.41) is 6.58. The highest BCUT2D eigenvalue weighted by atomic mass is 32.2. The van der Waals surface area contributed by atoms with Crippen LogP contribution in [0, 0.1) is 18.6 Å². The highest BCUT2D eigenvalue weighted by Gasteiger charge is 2.23. The molecule has 0 fully saturated rings. The average Bonchev–Trinajstić information content (AvgIpc) is 2.77. The van der Waals surface area contributed by atoms with Crippen LogP contribution in [0.2, 0.25) is 0 Å². The standard InChI is InChI=1S/C9H8F2N4O2S2/c1-4-2-3-5(10)7(6(4)11)15-19(16,17)9-14-13-8(12)18-9/h2-3,15H,1H3,(H2,12,13). The molecule has 1 aromatic carbocycles. The van der Waals surface area contributed by atoms with Crippen LogP contribution >= 0.6 is 11.3 Å². The van der Waals surface area contributed by atoms with Crippen LogP contribution in [0.15, 0.2) is 16.5 Å². The highest BCUT2D eigenvalue weighted by Crippen LogP contribution is 2.26. The minimum atomic E-state index is -4.22. The van der Waals surface area contributed by atoms with Gasteiger partial charge in [0.25, 0.3) is 14.4 Å². The molecule has 0 bridgehead atoms. The maximum atomic E-state index is 13.7.